The maximum absolute atomic E-state index is 8.82. The maximum atomic E-state index is 8.82. The molecule has 0 aromatic rings. The molecule has 4 N–H and O–H groups in total. The van der Waals surface area contributed by atoms with E-state index in [4.69, 9.17) is 33.4 Å². The summed E-state index contributed by atoms with van der Waals surface area (Å²) >= 11 is -5.25. The van der Waals surface area contributed by atoms with Crippen molar-refractivity contribution in [2.24, 2.45) is 0 Å². The van der Waals surface area contributed by atoms with Gasteiger partial charge in [0.05, 0.1) is 0 Å². The standard InChI is InChI=1S/Ca.2Cr.Cu.H2O4S.2H2O.2O.Zn.2H/c;;;;1-5(2,3)4;;;;;;;/h;;;;(H2,1,2,3,4);2*1H2;;;;;/q+2;;+2;;;;;;;;2*-1/p-2. The van der Waals surface area contributed by atoms with Gasteiger partial charge in [-0.1, -0.05) is 0 Å². The van der Waals surface area contributed by atoms with Gasteiger partial charge in [-0.15, -0.1) is 0 Å². The first-order valence-electron chi connectivity index (χ1n) is 1.40. The molecule has 0 amide bonds. The normalized spacial score (nSPS) is 8.29. The molecule has 0 saturated carbocycles. The Balaban J connectivity index is -0.00000000970. The van der Waals surface area contributed by atoms with Crippen LogP contribution in [0.2, 0.25) is 0 Å². The van der Waals surface area contributed by atoms with Crippen LogP contribution in [0.5, 0.6) is 0 Å². The third-order valence-electron chi connectivity index (χ3n) is 0. The second-order valence-corrected chi connectivity index (χ2v) is 3.19. The predicted molar refractivity (Wildman–Crippen MR) is 28.0 cm³/mol. The Morgan fingerprint density at radius 2 is 1.07 bits per heavy atom. The van der Waals surface area contributed by atoms with Crippen LogP contribution in [0, 0.1) is 0 Å². The van der Waals surface area contributed by atoms with Crippen molar-refractivity contribution in [2.45, 2.75) is 0 Å². The van der Waals surface area contributed by atoms with Crippen LogP contribution in [0.3, 0.4) is 0 Å². The summed E-state index contributed by atoms with van der Waals surface area (Å²) < 4.78 is 63.5. The van der Waals surface area contributed by atoms with Crippen molar-refractivity contribution in [2.75, 3.05) is 0 Å². The molecular formula is H6CaCr2CuO8SZn. The first-order valence-corrected chi connectivity index (χ1v) is 4.98. The molecule has 0 aliphatic heterocycles. The van der Waals surface area contributed by atoms with E-state index in [1.807, 2.05) is 0 Å². The fraction of sp³-hybridized carbons (Fsp3) is 0. The Bertz CT molecular complexity index is 232. The fourth-order valence-electron chi connectivity index (χ4n) is 0. The van der Waals surface area contributed by atoms with Crippen molar-refractivity contribution >= 4 is 48.1 Å². The van der Waals surface area contributed by atoms with E-state index in [2.05, 4.69) is 0 Å². The van der Waals surface area contributed by atoms with Gasteiger partial charge in [0, 0.05) is 53.9 Å². The van der Waals surface area contributed by atoms with Crippen molar-refractivity contribution in [1.29, 1.82) is 0 Å². The predicted octanol–water partition coefficient (Wildman–Crippen LogP) is -2.17. The van der Waals surface area contributed by atoms with Crippen LogP contribution in [0.4, 0.5) is 0 Å². The van der Waals surface area contributed by atoms with E-state index in [1.165, 1.54) is 0 Å². The smallest absolute Gasteiger partial charge is 0 e. The molecule has 0 bridgehead atoms. The van der Waals surface area contributed by atoms with Gasteiger partial charge < -0.3 is 2.85 Å². The average molecular weight is 439 g/mol. The zero-order valence-electron chi connectivity index (χ0n) is 8.36. The monoisotopic (exact) mass is 437 g/mol. The summed E-state index contributed by atoms with van der Waals surface area (Å²) in [6, 6.07) is 0. The molecule has 8 nitrogen and oxygen atoms in total. The van der Waals surface area contributed by atoms with Gasteiger partial charge in [-0.05, 0) is 0 Å². The summed E-state index contributed by atoms with van der Waals surface area (Å²) in [4.78, 5) is 0. The molecule has 0 spiro atoms. The van der Waals surface area contributed by atoms with Gasteiger partial charge in [0.1, 0.15) is 0 Å². The first kappa shape index (κ1) is 36.0. The molecule has 14 heavy (non-hydrogen) atoms. The quantitative estimate of drug-likeness (QED) is 0.246. The van der Waals surface area contributed by atoms with Gasteiger partial charge in [-0.25, -0.2) is 0 Å². The summed E-state index contributed by atoms with van der Waals surface area (Å²) in [5.74, 6) is 0. The SMILES string of the molecule is O=S(=O)(O)O.[Ca+2].[Cr].[Cu].[H-].[H-].[O]=[Cr](=[O])([OH])[OH].[Zn]. The van der Waals surface area contributed by atoms with E-state index in [0.29, 0.717) is 0 Å². The van der Waals surface area contributed by atoms with Gasteiger partial charge in [0.25, 0.3) is 0 Å². The fourth-order valence-corrected chi connectivity index (χ4v) is 0. The van der Waals surface area contributed by atoms with E-state index >= 15 is 0 Å². The number of hydrogen-bond donors (Lipinski definition) is 4. The van der Waals surface area contributed by atoms with Crippen molar-refractivity contribution in [3.63, 3.8) is 0 Å². The van der Waals surface area contributed by atoms with Gasteiger partial charge in [-0.3, -0.25) is 9.11 Å². The molecular weight excluding hydrogens is 433 g/mol. The van der Waals surface area contributed by atoms with Crippen LogP contribution in [-0.2, 0) is 85.5 Å². The van der Waals surface area contributed by atoms with Gasteiger partial charge in [0.15, 0.2) is 0 Å². The third-order valence-corrected chi connectivity index (χ3v) is 0. The summed E-state index contributed by atoms with van der Waals surface area (Å²) in [7, 11) is -4.67. The first-order chi connectivity index (χ1) is 4.00. The minimum Gasteiger partial charge on any atom is 0 e. The molecule has 14 heteroatoms. The van der Waals surface area contributed by atoms with Gasteiger partial charge in [0.2, 0.25) is 0 Å². The summed E-state index contributed by atoms with van der Waals surface area (Å²) in [6.45, 7) is 0. The largest absolute Gasteiger partial charge is 0 e. The molecule has 0 unspecified atom stereocenters. The number of hydrogen-bond acceptors (Lipinski definition) is 4. The van der Waals surface area contributed by atoms with E-state index < -0.39 is 24.0 Å². The Hall–Kier alpha value is 2.86. The second kappa shape index (κ2) is 15.9. The van der Waals surface area contributed by atoms with Crippen molar-refractivity contribution in [1.82, 2.24) is 0 Å². The Labute approximate surface area is 150 Å². The summed E-state index contributed by atoms with van der Waals surface area (Å²) in [5, 5.41) is 0. The Morgan fingerprint density at radius 1 is 1.07 bits per heavy atom. The van der Waals surface area contributed by atoms with Crippen LogP contribution >= 0.6 is 0 Å². The maximum Gasteiger partial charge on any atom is 0 e. The Morgan fingerprint density at radius 3 is 1.07 bits per heavy atom. The molecule has 0 atom stereocenters. The van der Waals surface area contributed by atoms with Crippen molar-refractivity contribution in [3.05, 3.63) is 0 Å². The number of rotatable bonds is 0. The summed E-state index contributed by atoms with van der Waals surface area (Å²) in [5.41, 5.74) is 0. The van der Waals surface area contributed by atoms with Gasteiger partial charge in [-0.2, -0.15) is 8.42 Å². The average Bonchev–Trinajstić information content (AvgIpc) is 1.12. The molecule has 0 rings (SSSR count). The van der Waals surface area contributed by atoms with E-state index in [1.54, 1.807) is 0 Å². The minimum absolute atomic E-state index is 0. The second-order valence-electron chi connectivity index (χ2n) is 0.896. The third kappa shape index (κ3) is 349. The van der Waals surface area contributed by atoms with E-state index in [-0.39, 0.29) is 94.5 Å². The molecule has 0 aliphatic carbocycles. The van der Waals surface area contributed by atoms with Crippen LogP contribution < -0.4 is 0 Å². The van der Waals surface area contributed by atoms with Crippen LogP contribution in [0.1, 0.15) is 2.85 Å². The Kier molecular flexibility index (Phi) is 40.7. The van der Waals surface area contributed by atoms with E-state index in [9.17, 15) is 0 Å². The molecule has 0 aromatic heterocycles. The molecule has 0 aliphatic rings. The summed E-state index contributed by atoms with van der Waals surface area (Å²) in [6.07, 6.45) is 0. The molecule has 0 heterocycles. The molecule has 0 fully saturated rings. The van der Waals surface area contributed by atoms with Crippen LogP contribution in [0.15, 0.2) is 0 Å². The molecule has 87 valence electrons. The van der Waals surface area contributed by atoms with Crippen LogP contribution in [0.25, 0.3) is 0 Å². The molecule has 1 radical (unpaired) electrons. The van der Waals surface area contributed by atoms with Crippen LogP contribution in [-0.4, -0.2) is 63.6 Å². The van der Waals surface area contributed by atoms with Crippen molar-refractivity contribution < 1.29 is 104 Å². The zero-order valence-corrected chi connectivity index (χ0v) is 15.8. The molecule has 0 aromatic carbocycles. The molecule has 0 saturated heterocycles. The van der Waals surface area contributed by atoms with Gasteiger partial charge >= 0.3 is 77.7 Å². The van der Waals surface area contributed by atoms with E-state index in [0.717, 1.165) is 0 Å². The van der Waals surface area contributed by atoms with Crippen molar-refractivity contribution in [3.8, 4) is 0 Å². The minimum atomic E-state index is -5.25. The zero-order chi connectivity index (χ0) is 9.00. The topological polar surface area (TPSA) is 149 Å².